The number of likely N-dealkylation sites (tertiary alicyclic amines) is 1. The molecular formula is C15H30N2O4. The molecule has 0 unspecified atom stereocenters. The molecule has 1 saturated heterocycles. The van der Waals surface area contributed by atoms with Crippen LogP contribution in [0.15, 0.2) is 0 Å². The van der Waals surface area contributed by atoms with E-state index in [0.29, 0.717) is 13.1 Å². The number of carbonyl (C=O) groups excluding carboxylic acids is 2. The molecule has 6 nitrogen and oxygen atoms in total. The van der Waals surface area contributed by atoms with Crippen LogP contribution in [0.5, 0.6) is 0 Å². The minimum Gasteiger partial charge on any atom is -0.444 e. The van der Waals surface area contributed by atoms with Gasteiger partial charge >= 0.3 is 6.09 Å². The van der Waals surface area contributed by atoms with Crippen LogP contribution in [0.2, 0.25) is 0 Å². The van der Waals surface area contributed by atoms with Crippen LogP contribution in [0.25, 0.3) is 0 Å². The summed E-state index contributed by atoms with van der Waals surface area (Å²) in [6.45, 7) is 10.8. The molecule has 6 heteroatoms. The number of rotatable bonds is 3. The van der Waals surface area contributed by atoms with E-state index in [4.69, 9.17) is 9.47 Å². The van der Waals surface area contributed by atoms with E-state index < -0.39 is 5.60 Å². The Bertz CT molecular complexity index is 318. The zero-order valence-corrected chi connectivity index (χ0v) is 14.2. The Morgan fingerprint density at radius 2 is 1.71 bits per heavy atom. The van der Waals surface area contributed by atoms with Crippen molar-refractivity contribution in [1.82, 2.24) is 10.2 Å². The fourth-order valence-corrected chi connectivity index (χ4v) is 1.93. The highest BCUT2D eigenvalue weighted by molar-refractivity contribution is 5.77. The van der Waals surface area contributed by atoms with Gasteiger partial charge in [0.05, 0.1) is 0 Å². The first-order valence-electron chi connectivity index (χ1n) is 7.58. The lowest BCUT2D eigenvalue weighted by Gasteiger charge is -2.33. The zero-order valence-electron chi connectivity index (χ0n) is 14.2. The predicted molar refractivity (Wildman–Crippen MR) is 82.2 cm³/mol. The van der Waals surface area contributed by atoms with Gasteiger partial charge in [-0.3, -0.25) is 4.79 Å². The number of nitrogens with zero attached hydrogens (tertiary/aromatic N) is 1. The summed E-state index contributed by atoms with van der Waals surface area (Å²) in [5.74, 6) is -0.113. The molecule has 1 aliphatic heterocycles. The van der Waals surface area contributed by atoms with E-state index >= 15 is 0 Å². The van der Waals surface area contributed by atoms with Gasteiger partial charge in [-0.2, -0.15) is 0 Å². The third kappa shape index (κ3) is 8.55. The normalized spacial score (nSPS) is 15.8. The van der Waals surface area contributed by atoms with Crippen LogP contribution in [0.3, 0.4) is 0 Å². The van der Waals surface area contributed by atoms with Crippen molar-refractivity contribution in [2.75, 3.05) is 26.8 Å². The van der Waals surface area contributed by atoms with Gasteiger partial charge in [0.25, 0.3) is 0 Å². The molecule has 0 bridgehead atoms. The Morgan fingerprint density at radius 1 is 1.19 bits per heavy atom. The molecule has 1 fully saturated rings. The molecular weight excluding hydrogens is 272 g/mol. The molecule has 0 atom stereocenters. The topological polar surface area (TPSA) is 67.9 Å². The first-order valence-corrected chi connectivity index (χ1v) is 7.58. The van der Waals surface area contributed by atoms with Crippen LogP contribution >= 0.6 is 0 Å². The van der Waals surface area contributed by atoms with Gasteiger partial charge in [0.15, 0.2) is 0 Å². The highest BCUT2D eigenvalue weighted by atomic mass is 16.6. The molecule has 2 amide bonds. The number of amides is 2. The monoisotopic (exact) mass is 302 g/mol. The molecule has 0 aliphatic carbocycles. The first kappa shape index (κ1) is 19.7. The molecule has 0 aromatic heterocycles. The summed E-state index contributed by atoms with van der Waals surface area (Å²) in [6, 6.07) is 0.112. The van der Waals surface area contributed by atoms with Crippen LogP contribution in [0.1, 0.15) is 47.5 Å². The van der Waals surface area contributed by atoms with Crippen LogP contribution < -0.4 is 5.32 Å². The Hall–Kier alpha value is -1.30. The van der Waals surface area contributed by atoms with E-state index in [-0.39, 0.29) is 24.6 Å². The summed E-state index contributed by atoms with van der Waals surface area (Å²) in [5.41, 5.74) is -0.472. The smallest absolute Gasteiger partial charge is 0.410 e. The van der Waals surface area contributed by atoms with Crippen molar-refractivity contribution in [1.29, 1.82) is 0 Å². The second-order valence-electron chi connectivity index (χ2n) is 5.74. The Morgan fingerprint density at radius 3 is 2.14 bits per heavy atom. The average molecular weight is 302 g/mol. The minimum atomic E-state index is -0.472. The van der Waals surface area contributed by atoms with Crippen LogP contribution in [-0.4, -0.2) is 55.3 Å². The number of ether oxygens (including phenoxy) is 2. The van der Waals surface area contributed by atoms with E-state index in [2.05, 4.69) is 5.32 Å². The summed E-state index contributed by atoms with van der Waals surface area (Å²) in [4.78, 5) is 24.9. The SMILES string of the molecule is CC.COCC(=O)NC1CCN(C(=O)OC(C)(C)C)CC1. The summed E-state index contributed by atoms with van der Waals surface area (Å²) < 4.78 is 10.1. The molecule has 124 valence electrons. The molecule has 1 rings (SSSR count). The molecule has 0 radical (unpaired) electrons. The third-order valence-electron chi connectivity index (χ3n) is 2.79. The number of methoxy groups -OCH3 is 1. The van der Waals surface area contributed by atoms with Gasteiger partial charge in [0.2, 0.25) is 5.91 Å². The Kier molecular flexibility index (Phi) is 9.01. The minimum absolute atomic E-state index is 0.0757. The standard InChI is InChI=1S/C13H24N2O4.C2H6/c1-13(2,3)19-12(17)15-7-5-10(6-8-15)14-11(16)9-18-4;1-2/h10H,5-9H2,1-4H3,(H,14,16);1-2H3. The summed E-state index contributed by atoms with van der Waals surface area (Å²) in [6.07, 6.45) is 1.21. The molecule has 1 heterocycles. The van der Waals surface area contributed by atoms with Gasteiger partial charge in [-0.25, -0.2) is 4.79 Å². The molecule has 0 aromatic rings. The molecule has 0 aromatic carbocycles. The van der Waals surface area contributed by atoms with Crippen LogP contribution in [-0.2, 0) is 14.3 Å². The van der Waals surface area contributed by atoms with Crippen molar-refractivity contribution in [3.05, 3.63) is 0 Å². The Balaban J connectivity index is 0.00000191. The fraction of sp³-hybridized carbons (Fsp3) is 0.867. The van der Waals surface area contributed by atoms with Gasteiger partial charge < -0.3 is 19.7 Å². The number of nitrogens with one attached hydrogen (secondary N) is 1. The van der Waals surface area contributed by atoms with Gasteiger partial charge in [-0.05, 0) is 33.6 Å². The summed E-state index contributed by atoms with van der Waals surface area (Å²) >= 11 is 0. The van der Waals surface area contributed by atoms with E-state index in [1.54, 1.807) is 4.90 Å². The van der Waals surface area contributed by atoms with Crippen LogP contribution in [0, 0.1) is 0 Å². The number of hydrogen-bond donors (Lipinski definition) is 1. The lowest BCUT2D eigenvalue weighted by Crippen LogP contribution is -2.48. The Labute approximate surface area is 128 Å². The highest BCUT2D eigenvalue weighted by Gasteiger charge is 2.27. The fourth-order valence-electron chi connectivity index (χ4n) is 1.93. The van der Waals surface area contributed by atoms with E-state index in [1.165, 1.54) is 7.11 Å². The maximum atomic E-state index is 11.8. The van der Waals surface area contributed by atoms with Crippen molar-refractivity contribution < 1.29 is 19.1 Å². The maximum absolute atomic E-state index is 11.8. The van der Waals surface area contributed by atoms with E-state index in [0.717, 1.165) is 12.8 Å². The molecule has 0 spiro atoms. The van der Waals surface area contributed by atoms with E-state index in [9.17, 15) is 9.59 Å². The van der Waals surface area contributed by atoms with Gasteiger partial charge in [0, 0.05) is 26.2 Å². The van der Waals surface area contributed by atoms with Crippen molar-refractivity contribution >= 4 is 12.0 Å². The van der Waals surface area contributed by atoms with Crippen molar-refractivity contribution in [2.45, 2.75) is 59.1 Å². The first-order chi connectivity index (χ1) is 9.81. The van der Waals surface area contributed by atoms with E-state index in [1.807, 2.05) is 34.6 Å². The molecule has 0 saturated carbocycles. The largest absolute Gasteiger partial charge is 0.444 e. The second-order valence-corrected chi connectivity index (χ2v) is 5.74. The number of carbonyl (C=O) groups is 2. The molecule has 1 N–H and O–H groups in total. The summed E-state index contributed by atoms with van der Waals surface area (Å²) in [7, 11) is 1.49. The average Bonchev–Trinajstić information content (AvgIpc) is 2.40. The van der Waals surface area contributed by atoms with Crippen molar-refractivity contribution in [2.24, 2.45) is 0 Å². The van der Waals surface area contributed by atoms with Gasteiger partial charge in [0.1, 0.15) is 12.2 Å². The second kappa shape index (κ2) is 9.60. The molecule has 21 heavy (non-hydrogen) atoms. The van der Waals surface area contributed by atoms with Crippen molar-refractivity contribution in [3.8, 4) is 0 Å². The number of hydrogen-bond acceptors (Lipinski definition) is 4. The van der Waals surface area contributed by atoms with Crippen molar-refractivity contribution in [3.63, 3.8) is 0 Å². The zero-order chi connectivity index (χ0) is 16.5. The van der Waals surface area contributed by atoms with Gasteiger partial charge in [-0.15, -0.1) is 0 Å². The predicted octanol–water partition coefficient (Wildman–Crippen LogP) is 2.17. The summed E-state index contributed by atoms with van der Waals surface area (Å²) in [5, 5.41) is 2.88. The quantitative estimate of drug-likeness (QED) is 0.867. The molecule has 1 aliphatic rings. The lowest BCUT2D eigenvalue weighted by molar-refractivity contribution is -0.125. The van der Waals surface area contributed by atoms with Crippen LogP contribution in [0.4, 0.5) is 4.79 Å². The maximum Gasteiger partial charge on any atom is 0.410 e. The highest BCUT2D eigenvalue weighted by Crippen LogP contribution is 2.15. The lowest BCUT2D eigenvalue weighted by atomic mass is 10.1. The number of piperidine rings is 1. The third-order valence-corrected chi connectivity index (χ3v) is 2.79. The van der Waals surface area contributed by atoms with Gasteiger partial charge in [-0.1, -0.05) is 13.8 Å².